The Labute approximate surface area is 63.0 Å². The monoisotopic (exact) mass is 158 g/mol. The molecule has 0 saturated carbocycles. The van der Waals surface area contributed by atoms with Crippen LogP contribution < -0.4 is 5.23 Å². The van der Waals surface area contributed by atoms with Gasteiger partial charge in [-0.2, -0.15) is 0 Å². The molecular formula is C6H5ClNO2-. The van der Waals surface area contributed by atoms with Crippen LogP contribution in [-0.2, 0) is 0 Å². The Morgan fingerprint density at radius 1 is 1.10 bits per heavy atom. The lowest BCUT2D eigenvalue weighted by Crippen LogP contribution is -2.96. The van der Waals surface area contributed by atoms with Crippen molar-refractivity contribution < 1.29 is 5.23 Å². The van der Waals surface area contributed by atoms with Crippen LogP contribution in [0.1, 0.15) is 0 Å². The summed E-state index contributed by atoms with van der Waals surface area (Å²) < 4.78 is 0. The maximum atomic E-state index is 10.2. The summed E-state index contributed by atoms with van der Waals surface area (Å²) in [5.74, 6) is 0. The fourth-order valence-electron chi connectivity index (χ4n) is 0.586. The molecule has 1 rings (SSSR count). The smallest absolute Gasteiger partial charge is 0.131 e. The second-order valence-electron chi connectivity index (χ2n) is 1.79. The fourth-order valence-corrected chi connectivity index (χ4v) is 0.712. The van der Waals surface area contributed by atoms with Crippen molar-refractivity contribution in [2.75, 3.05) is 0 Å². The van der Waals surface area contributed by atoms with E-state index in [2.05, 4.69) is 0 Å². The van der Waals surface area contributed by atoms with Gasteiger partial charge in [-0.3, -0.25) is 0 Å². The third kappa shape index (κ3) is 1.68. The molecule has 1 N–H and O–H groups in total. The Kier molecular flexibility index (Phi) is 2.24. The average molecular weight is 159 g/mol. The van der Waals surface area contributed by atoms with Crippen LogP contribution in [0.4, 0.5) is 5.69 Å². The predicted molar refractivity (Wildman–Crippen MR) is 38.8 cm³/mol. The van der Waals surface area contributed by atoms with Gasteiger partial charge in [0, 0.05) is 17.2 Å². The van der Waals surface area contributed by atoms with Gasteiger partial charge >= 0.3 is 0 Å². The van der Waals surface area contributed by atoms with E-state index in [1.54, 1.807) is 0 Å². The summed E-state index contributed by atoms with van der Waals surface area (Å²) in [6.07, 6.45) is 0. The summed E-state index contributed by atoms with van der Waals surface area (Å²) in [4.78, 5) is 0. The molecule has 4 heteroatoms. The van der Waals surface area contributed by atoms with Crippen LogP contribution in [0.25, 0.3) is 0 Å². The highest BCUT2D eigenvalue weighted by Crippen LogP contribution is 2.09. The number of nitrogens with one attached hydrogen (secondary N) is 1. The number of hydrogen-bond acceptors (Lipinski definition) is 2. The summed E-state index contributed by atoms with van der Waals surface area (Å²) in [6, 6.07) is 5.81. The maximum Gasteiger partial charge on any atom is 0.131 e. The molecule has 0 amide bonds. The summed E-state index contributed by atoms with van der Waals surface area (Å²) in [5, 5.41) is 19.7. The number of hydrogen-bond donors (Lipinski definition) is 1. The second kappa shape index (κ2) is 2.98. The molecule has 0 aliphatic heterocycles. The summed E-state index contributed by atoms with van der Waals surface area (Å²) in [7, 11) is 0. The molecule has 0 saturated heterocycles. The number of benzene rings is 1. The number of quaternary nitrogens is 1. The van der Waals surface area contributed by atoms with E-state index in [0.717, 1.165) is 0 Å². The van der Waals surface area contributed by atoms with Gasteiger partial charge in [-0.1, -0.05) is 11.6 Å². The van der Waals surface area contributed by atoms with Crippen molar-refractivity contribution in [1.29, 1.82) is 0 Å². The van der Waals surface area contributed by atoms with E-state index < -0.39 is 5.23 Å². The van der Waals surface area contributed by atoms with Crippen LogP contribution in [0.3, 0.4) is 0 Å². The SMILES string of the molecule is [O-][NH+]([O-])c1ccc(Cl)cc1. The van der Waals surface area contributed by atoms with Crippen molar-refractivity contribution in [1.82, 2.24) is 0 Å². The van der Waals surface area contributed by atoms with E-state index in [4.69, 9.17) is 11.6 Å². The largest absolute Gasteiger partial charge is 0.628 e. The minimum Gasteiger partial charge on any atom is -0.628 e. The Morgan fingerprint density at radius 2 is 1.60 bits per heavy atom. The highest BCUT2D eigenvalue weighted by Gasteiger charge is 1.91. The summed E-state index contributed by atoms with van der Waals surface area (Å²) >= 11 is 5.50. The zero-order valence-electron chi connectivity index (χ0n) is 5.00. The van der Waals surface area contributed by atoms with Crippen molar-refractivity contribution in [3.05, 3.63) is 39.7 Å². The van der Waals surface area contributed by atoms with E-state index in [0.29, 0.717) is 5.02 Å². The normalized spacial score (nSPS) is 10.4. The Bertz CT molecular complexity index is 209. The third-order valence-corrected chi connectivity index (χ3v) is 1.33. The van der Waals surface area contributed by atoms with Gasteiger partial charge in [0.05, 0.1) is 0 Å². The molecule has 0 aliphatic carbocycles. The highest BCUT2D eigenvalue weighted by molar-refractivity contribution is 6.30. The van der Waals surface area contributed by atoms with E-state index in [1.807, 2.05) is 0 Å². The maximum absolute atomic E-state index is 10.2. The van der Waals surface area contributed by atoms with Crippen molar-refractivity contribution in [3.63, 3.8) is 0 Å². The first-order valence-electron chi connectivity index (χ1n) is 2.67. The molecule has 0 heterocycles. The lowest BCUT2D eigenvalue weighted by Gasteiger charge is -2.24. The molecule has 0 unspecified atom stereocenters. The highest BCUT2D eigenvalue weighted by atomic mass is 35.5. The van der Waals surface area contributed by atoms with Gasteiger partial charge in [-0.25, -0.2) is 0 Å². The summed E-state index contributed by atoms with van der Waals surface area (Å²) in [6.45, 7) is 0. The first-order valence-corrected chi connectivity index (χ1v) is 3.05. The molecule has 0 atom stereocenters. The van der Waals surface area contributed by atoms with Gasteiger partial charge in [0.1, 0.15) is 5.69 Å². The standard InChI is InChI=1S/C6H5ClNO2/c7-5-1-3-6(4-2-5)8(9)10/h1-4,8H/q-1. The second-order valence-corrected chi connectivity index (χ2v) is 2.23. The van der Waals surface area contributed by atoms with Gasteiger partial charge in [0.2, 0.25) is 0 Å². The molecule has 0 aliphatic rings. The average Bonchev–Trinajstić information content (AvgIpc) is 1.88. The van der Waals surface area contributed by atoms with Gasteiger partial charge in [0.15, 0.2) is 0 Å². The predicted octanol–water partition coefficient (Wildman–Crippen LogP) is 0.852. The molecule has 10 heavy (non-hydrogen) atoms. The minimum absolute atomic E-state index is 0.143. The Morgan fingerprint density at radius 3 is 2.00 bits per heavy atom. The van der Waals surface area contributed by atoms with Crippen molar-refractivity contribution in [3.8, 4) is 0 Å². The van der Waals surface area contributed by atoms with Gasteiger partial charge in [-0.15, -0.1) is 0 Å². The van der Waals surface area contributed by atoms with E-state index in [9.17, 15) is 10.4 Å². The topological polar surface area (TPSA) is 50.6 Å². The van der Waals surface area contributed by atoms with Crippen LogP contribution in [0.2, 0.25) is 5.02 Å². The molecule has 3 nitrogen and oxygen atoms in total. The molecule has 1 aromatic carbocycles. The minimum atomic E-state index is -1.18. The molecule has 0 fully saturated rings. The first-order chi connectivity index (χ1) is 4.70. The van der Waals surface area contributed by atoms with Crippen molar-refractivity contribution >= 4 is 17.3 Å². The van der Waals surface area contributed by atoms with Crippen LogP contribution in [0, 0.1) is 10.4 Å². The Hall–Kier alpha value is -0.610. The fraction of sp³-hybridized carbons (Fsp3) is 0. The van der Waals surface area contributed by atoms with E-state index in [1.165, 1.54) is 24.3 Å². The van der Waals surface area contributed by atoms with Crippen LogP contribution in [-0.4, -0.2) is 0 Å². The molecule has 0 radical (unpaired) electrons. The molecular weight excluding hydrogens is 154 g/mol. The van der Waals surface area contributed by atoms with Gasteiger partial charge in [0.25, 0.3) is 0 Å². The lowest BCUT2D eigenvalue weighted by molar-refractivity contribution is -0.715. The quantitative estimate of drug-likeness (QED) is 0.616. The Balaban J connectivity index is 2.89. The zero-order valence-corrected chi connectivity index (χ0v) is 5.76. The zero-order chi connectivity index (χ0) is 7.56. The molecule has 0 aromatic heterocycles. The van der Waals surface area contributed by atoms with Crippen LogP contribution >= 0.6 is 11.6 Å². The number of halogens is 1. The van der Waals surface area contributed by atoms with E-state index >= 15 is 0 Å². The van der Waals surface area contributed by atoms with E-state index in [-0.39, 0.29) is 5.69 Å². The van der Waals surface area contributed by atoms with Crippen molar-refractivity contribution in [2.45, 2.75) is 0 Å². The molecule has 0 bridgehead atoms. The summed E-state index contributed by atoms with van der Waals surface area (Å²) in [5.41, 5.74) is 0.143. The van der Waals surface area contributed by atoms with Gasteiger partial charge < -0.3 is 15.6 Å². The third-order valence-electron chi connectivity index (χ3n) is 1.08. The van der Waals surface area contributed by atoms with Crippen LogP contribution in [0.15, 0.2) is 24.3 Å². The molecule has 1 aromatic rings. The first kappa shape index (κ1) is 7.50. The molecule has 54 valence electrons. The lowest BCUT2D eigenvalue weighted by atomic mass is 10.3. The van der Waals surface area contributed by atoms with Crippen LogP contribution in [0.5, 0.6) is 0 Å². The van der Waals surface area contributed by atoms with Gasteiger partial charge in [-0.05, 0) is 12.1 Å². The molecule has 0 spiro atoms. The number of rotatable bonds is 1. The van der Waals surface area contributed by atoms with Crippen molar-refractivity contribution in [2.24, 2.45) is 0 Å².